The van der Waals surface area contributed by atoms with Gasteiger partial charge in [0, 0.05) is 5.56 Å². The van der Waals surface area contributed by atoms with E-state index >= 15 is 0 Å². The molecule has 0 bridgehead atoms. The fourth-order valence-electron chi connectivity index (χ4n) is 3.18. The van der Waals surface area contributed by atoms with Gasteiger partial charge in [-0.3, -0.25) is 9.69 Å². The number of primary amides is 1. The predicted octanol–water partition coefficient (Wildman–Crippen LogP) is 4.28. The molecule has 2 N–H and O–H groups in total. The molecule has 0 saturated carbocycles. The SMILES string of the molecule is CC(C)C[C@@H](C(N)=O)N(CC#N)[C@@H](c1ccc(-c2ccoc2)cc1)C(F)(F)F. The number of nitrogens with zero attached hydrogens (tertiary/aromatic N) is 2. The highest BCUT2D eigenvalue weighted by Gasteiger charge is 2.47. The number of amides is 1. The van der Waals surface area contributed by atoms with Crippen LogP contribution in [0.15, 0.2) is 47.3 Å². The molecule has 2 atom stereocenters. The van der Waals surface area contributed by atoms with E-state index in [0.29, 0.717) is 5.56 Å². The Morgan fingerprint density at radius 3 is 2.29 bits per heavy atom. The summed E-state index contributed by atoms with van der Waals surface area (Å²) in [4.78, 5) is 12.8. The number of alkyl halides is 3. The maximum absolute atomic E-state index is 14.0. The summed E-state index contributed by atoms with van der Waals surface area (Å²) in [6.45, 7) is 2.99. The van der Waals surface area contributed by atoms with Crippen molar-refractivity contribution in [1.29, 1.82) is 5.26 Å². The molecule has 0 saturated heterocycles. The van der Waals surface area contributed by atoms with Gasteiger partial charge in [-0.15, -0.1) is 0 Å². The zero-order valence-electron chi connectivity index (χ0n) is 15.6. The topological polar surface area (TPSA) is 83.3 Å². The summed E-state index contributed by atoms with van der Waals surface area (Å²) in [5.74, 6) is -0.954. The second kappa shape index (κ2) is 8.93. The monoisotopic (exact) mass is 393 g/mol. The van der Waals surface area contributed by atoms with E-state index in [1.54, 1.807) is 38.1 Å². The second-order valence-electron chi connectivity index (χ2n) is 6.96. The molecule has 150 valence electrons. The summed E-state index contributed by atoms with van der Waals surface area (Å²) in [5, 5.41) is 9.11. The van der Waals surface area contributed by atoms with Gasteiger partial charge in [0.2, 0.25) is 5.91 Å². The quantitative estimate of drug-likeness (QED) is 0.679. The fraction of sp³-hybridized carbons (Fsp3) is 0.400. The summed E-state index contributed by atoms with van der Waals surface area (Å²) in [7, 11) is 0. The van der Waals surface area contributed by atoms with Crippen LogP contribution in [0.5, 0.6) is 0 Å². The minimum absolute atomic E-state index is 0.0648. The summed E-state index contributed by atoms with van der Waals surface area (Å²) < 4.78 is 47.0. The predicted molar refractivity (Wildman–Crippen MR) is 97.7 cm³/mol. The van der Waals surface area contributed by atoms with E-state index in [2.05, 4.69) is 0 Å². The molecule has 1 aromatic heterocycles. The van der Waals surface area contributed by atoms with Crippen LogP contribution in [0.1, 0.15) is 31.9 Å². The standard InChI is InChI=1S/C20H22F3N3O2/c1-13(2)11-17(19(25)27)26(9-8-24)18(20(21,22)23)15-5-3-14(4-6-15)16-7-10-28-12-16/h3-7,10,12-13,17-18H,9,11H2,1-2H3,(H2,25,27)/t17-,18-/m0/s1. The smallest absolute Gasteiger partial charge is 0.408 e. The van der Waals surface area contributed by atoms with E-state index in [-0.39, 0.29) is 17.9 Å². The first-order valence-electron chi connectivity index (χ1n) is 8.76. The Kier molecular flexibility index (Phi) is 6.86. The fourth-order valence-corrected chi connectivity index (χ4v) is 3.18. The molecule has 8 heteroatoms. The van der Waals surface area contributed by atoms with Crippen LogP contribution < -0.4 is 5.73 Å². The normalized spacial score (nSPS) is 14.1. The number of rotatable bonds is 8. The van der Waals surface area contributed by atoms with Crippen molar-refractivity contribution in [3.8, 4) is 17.2 Å². The van der Waals surface area contributed by atoms with Gasteiger partial charge in [-0.25, -0.2) is 0 Å². The van der Waals surface area contributed by atoms with E-state index in [1.807, 2.05) is 0 Å². The molecule has 1 amide bonds. The summed E-state index contributed by atoms with van der Waals surface area (Å²) in [5.41, 5.74) is 6.76. The van der Waals surface area contributed by atoms with Crippen molar-refractivity contribution in [1.82, 2.24) is 4.90 Å². The van der Waals surface area contributed by atoms with E-state index in [4.69, 9.17) is 15.4 Å². The molecule has 5 nitrogen and oxygen atoms in total. The van der Waals surface area contributed by atoms with Crippen molar-refractivity contribution >= 4 is 5.91 Å². The zero-order valence-corrected chi connectivity index (χ0v) is 15.6. The number of nitriles is 1. The number of furan rings is 1. The third-order valence-electron chi connectivity index (χ3n) is 4.40. The van der Waals surface area contributed by atoms with Gasteiger partial charge < -0.3 is 10.2 Å². The van der Waals surface area contributed by atoms with Crippen LogP contribution in [0.4, 0.5) is 13.2 Å². The summed E-state index contributed by atoms with van der Waals surface area (Å²) in [6.07, 6.45) is -1.61. The first-order valence-corrected chi connectivity index (χ1v) is 8.76. The molecule has 0 unspecified atom stereocenters. The molecule has 1 heterocycles. The molecule has 2 rings (SSSR count). The molecule has 0 aliphatic rings. The van der Waals surface area contributed by atoms with Crippen LogP contribution in [-0.4, -0.2) is 29.6 Å². The largest absolute Gasteiger partial charge is 0.472 e. The average Bonchev–Trinajstić information content (AvgIpc) is 3.13. The van der Waals surface area contributed by atoms with Crippen molar-refractivity contribution in [3.05, 3.63) is 48.4 Å². The lowest BCUT2D eigenvalue weighted by Gasteiger charge is -2.37. The second-order valence-corrected chi connectivity index (χ2v) is 6.96. The van der Waals surface area contributed by atoms with Gasteiger partial charge in [-0.1, -0.05) is 38.1 Å². The highest BCUT2D eigenvalue weighted by Crippen LogP contribution is 2.40. The number of hydrogen-bond donors (Lipinski definition) is 1. The number of carbonyl (C=O) groups excluding carboxylic acids is 1. The van der Waals surface area contributed by atoms with Crippen molar-refractivity contribution < 1.29 is 22.4 Å². The highest BCUT2D eigenvalue weighted by molar-refractivity contribution is 5.80. The van der Waals surface area contributed by atoms with Crippen LogP contribution in [-0.2, 0) is 4.79 Å². The minimum atomic E-state index is -4.70. The average molecular weight is 393 g/mol. The Bertz CT molecular complexity index is 809. The highest BCUT2D eigenvalue weighted by atomic mass is 19.4. The van der Waals surface area contributed by atoms with E-state index < -0.39 is 30.7 Å². The minimum Gasteiger partial charge on any atom is -0.472 e. The van der Waals surface area contributed by atoms with Crippen LogP contribution in [0.25, 0.3) is 11.1 Å². The van der Waals surface area contributed by atoms with Crippen molar-refractivity contribution in [3.63, 3.8) is 0 Å². The maximum Gasteiger partial charge on any atom is 0.408 e. The number of halogens is 3. The van der Waals surface area contributed by atoms with Gasteiger partial charge in [-0.2, -0.15) is 18.4 Å². The van der Waals surface area contributed by atoms with Crippen LogP contribution in [0, 0.1) is 17.2 Å². The van der Waals surface area contributed by atoms with Crippen LogP contribution in [0.3, 0.4) is 0 Å². The Hall–Kier alpha value is -2.79. The number of nitrogens with two attached hydrogens (primary N) is 1. The van der Waals surface area contributed by atoms with Gasteiger partial charge in [-0.05, 0) is 29.5 Å². The Morgan fingerprint density at radius 2 is 1.86 bits per heavy atom. The lowest BCUT2D eigenvalue weighted by Crippen LogP contribution is -2.51. The molecule has 2 aromatic rings. The van der Waals surface area contributed by atoms with Gasteiger partial charge in [0.1, 0.15) is 6.04 Å². The Balaban J connectivity index is 2.47. The van der Waals surface area contributed by atoms with Crippen molar-refractivity contribution in [2.24, 2.45) is 11.7 Å². The maximum atomic E-state index is 14.0. The van der Waals surface area contributed by atoms with Gasteiger partial charge in [0.15, 0.2) is 0 Å². The number of carbonyl (C=O) groups is 1. The zero-order chi connectivity index (χ0) is 20.9. The molecule has 0 fully saturated rings. The molecule has 0 aliphatic carbocycles. The van der Waals surface area contributed by atoms with Crippen molar-refractivity contribution in [2.75, 3.05) is 6.54 Å². The molecule has 0 radical (unpaired) electrons. The first-order chi connectivity index (χ1) is 13.1. The Morgan fingerprint density at radius 1 is 1.21 bits per heavy atom. The van der Waals surface area contributed by atoms with Gasteiger partial charge in [0.05, 0.1) is 31.2 Å². The van der Waals surface area contributed by atoms with E-state index in [1.165, 1.54) is 24.7 Å². The Labute approximate surface area is 161 Å². The first kappa shape index (κ1) is 21.5. The van der Waals surface area contributed by atoms with E-state index in [0.717, 1.165) is 10.5 Å². The molecule has 1 aromatic carbocycles. The lowest BCUT2D eigenvalue weighted by atomic mass is 9.96. The third-order valence-corrected chi connectivity index (χ3v) is 4.40. The van der Waals surface area contributed by atoms with Gasteiger partial charge in [0.25, 0.3) is 0 Å². The van der Waals surface area contributed by atoms with Crippen LogP contribution in [0.2, 0.25) is 0 Å². The molecular weight excluding hydrogens is 371 g/mol. The van der Waals surface area contributed by atoms with Crippen LogP contribution >= 0.6 is 0 Å². The molecule has 0 aliphatic heterocycles. The number of hydrogen-bond acceptors (Lipinski definition) is 4. The van der Waals surface area contributed by atoms with Crippen molar-refractivity contribution in [2.45, 2.75) is 38.5 Å². The third kappa shape index (κ3) is 5.14. The molecule has 28 heavy (non-hydrogen) atoms. The summed E-state index contributed by atoms with van der Waals surface area (Å²) >= 11 is 0. The van der Waals surface area contributed by atoms with E-state index in [9.17, 15) is 18.0 Å². The summed E-state index contributed by atoms with van der Waals surface area (Å²) in [6, 6.07) is 5.89. The molecular formula is C20H22F3N3O2. The van der Waals surface area contributed by atoms with Gasteiger partial charge >= 0.3 is 6.18 Å². The number of benzene rings is 1. The molecule has 0 spiro atoms. The lowest BCUT2D eigenvalue weighted by molar-refractivity contribution is -0.192.